The van der Waals surface area contributed by atoms with Crippen molar-refractivity contribution in [3.63, 3.8) is 0 Å². The number of carbonyl (C=O) groups is 1. The van der Waals surface area contributed by atoms with E-state index in [2.05, 4.69) is 15.0 Å². The van der Waals surface area contributed by atoms with Gasteiger partial charge in [0.1, 0.15) is 0 Å². The molecule has 2 rings (SSSR count). The topological polar surface area (TPSA) is 54.5 Å². The van der Waals surface area contributed by atoms with Gasteiger partial charge in [0.25, 0.3) is 0 Å². The molecular formula is C16H19F6N3O2. The number of aromatic nitrogens is 1. The first kappa shape index (κ1) is 21.3. The molecule has 27 heavy (non-hydrogen) atoms. The van der Waals surface area contributed by atoms with Crippen molar-refractivity contribution in [1.29, 1.82) is 0 Å². The number of ether oxygens (including phenoxy) is 1. The first-order valence-corrected chi connectivity index (χ1v) is 8.07. The van der Waals surface area contributed by atoms with Crippen molar-refractivity contribution in [3.8, 4) is 5.88 Å². The van der Waals surface area contributed by atoms with E-state index in [0.29, 0.717) is 5.56 Å². The smallest absolute Gasteiger partial charge is 0.422 e. The Bertz CT molecular complexity index is 658. The molecule has 0 saturated heterocycles. The molecule has 0 bridgehead atoms. The van der Waals surface area contributed by atoms with Crippen LogP contribution in [0.15, 0.2) is 18.3 Å². The molecule has 1 aromatic heterocycles. The number of nitrogens with one attached hydrogen (secondary N) is 1. The number of carbonyl (C=O) groups excluding carboxylic acids is 1. The number of hydrogen-bond donors (Lipinski definition) is 1. The van der Waals surface area contributed by atoms with Crippen LogP contribution in [0, 0.1) is 5.41 Å². The molecule has 0 radical (unpaired) electrons. The molecule has 1 fully saturated rings. The van der Waals surface area contributed by atoms with Crippen LogP contribution in [-0.4, -0.2) is 54.9 Å². The lowest BCUT2D eigenvalue weighted by atomic mass is 10.1. The fourth-order valence-electron chi connectivity index (χ4n) is 2.55. The first-order chi connectivity index (χ1) is 12.4. The van der Waals surface area contributed by atoms with E-state index in [1.807, 2.05) is 0 Å². The van der Waals surface area contributed by atoms with E-state index in [4.69, 9.17) is 0 Å². The minimum absolute atomic E-state index is 0.0119. The summed E-state index contributed by atoms with van der Waals surface area (Å²) in [6.07, 6.45) is -7.44. The SMILES string of the molecule is CN(CC(=O)NCc1ccnc(OCC(F)(F)F)c1)CC1(C(F)(F)F)CC1. The molecule has 0 aromatic carbocycles. The minimum atomic E-state index is -4.49. The lowest BCUT2D eigenvalue weighted by Gasteiger charge is -2.25. The van der Waals surface area contributed by atoms with Crippen molar-refractivity contribution < 1.29 is 35.9 Å². The van der Waals surface area contributed by atoms with Crippen LogP contribution in [0.25, 0.3) is 0 Å². The molecule has 11 heteroatoms. The molecule has 1 aliphatic carbocycles. The summed E-state index contributed by atoms with van der Waals surface area (Å²) in [6.45, 7) is -1.97. The molecule has 1 N–H and O–H groups in total. The Hall–Kier alpha value is -2.04. The molecule has 0 unspecified atom stereocenters. The van der Waals surface area contributed by atoms with Crippen molar-refractivity contribution >= 4 is 5.91 Å². The van der Waals surface area contributed by atoms with E-state index in [9.17, 15) is 31.1 Å². The molecule has 5 nitrogen and oxygen atoms in total. The molecule has 1 aromatic rings. The lowest BCUT2D eigenvalue weighted by Crippen LogP contribution is -2.41. The van der Waals surface area contributed by atoms with E-state index in [0.717, 1.165) is 0 Å². The highest BCUT2D eigenvalue weighted by molar-refractivity contribution is 5.78. The molecule has 152 valence electrons. The molecule has 1 heterocycles. The average Bonchev–Trinajstić information content (AvgIpc) is 3.31. The Morgan fingerprint density at radius 3 is 2.52 bits per heavy atom. The summed E-state index contributed by atoms with van der Waals surface area (Å²) >= 11 is 0. The zero-order valence-electron chi connectivity index (χ0n) is 14.5. The normalized spacial score (nSPS) is 16.3. The zero-order valence-corrected chi connectivity index (χ0v) is 14.5. The van der Waals surface area contributed by atoms with Crippen molar-refractivity contribution in [3.05, 3.63) is 23.9 Å². The lowest BCUT2D eigenvalue weighted by molar-refractivity contribution is -0.191. The molecule has 1 saturated carbocycles. The predicted octanol–water partition coefficient (Wildman–Crippen LogP) is 2.91. The number of rotatable bonds is 8. The molecule has 1 amide bonds. The number of alkyl halides is 6. The maximum atomic E-state index is 12.9. The van der Waals surface area contributed by atoms with Crippen molar-refractivity contribution in [2.24, 2.45) is 5.41 Å². The van der Waals surface area contributed by atoms with Gasteiger partial charge in [0, 0.05) is 25.4 Å². The Morgan fingerprint density at radius 2 is 1.96 bits per heavy atom. The summed E-state index contributed by atoms with van der Waals surface area (Å²) in [7, 11) is 1.43. The number of hydrogen-bond acceptors (Lipinski definition) is 4. The monoisotopic (exact) mass is 399 g/mol. The average molecular weight is 399 g/mol. The number of halogens is 6. The fourth-order valence-corrected chi connectivity index (χ4v) is 2.55. The Morgan fingerprint density at radius 1 is 1.30 bits per heavy atom. The molecule has 1 aliphatic rings. The van der Waals surface area contributed by atoms with Gasteiger partial charge < -0.3 is 10.1 Å². The zero-order chi connectivity index (χ0) is 20.3. The van der Waals surface area contributed by atoms with Gasteiger partial charge in [0.15, 0.2) is 6.61 Å². The van der Waals surface area contributed by atoms with Gasteiger partial charge in [-0.25, -0.2) is 4.98 Å². The summed E-state index contributed by atoms with van der Waals surface area (Å²) < 4.78 is 79.7. The Kier molecular flexibility index (Phi) is 6.23. The van der Waals surface area contributed by atoms with Crippen molar-refractivity contribution in [1.82, 2.24) is 15.2 Å². The largest absolute Gasteiger partial charge is 0.468 e. The van der Waals surface area contributed by atoms with Crippen molar-refractivity contribution in [2.45, 2.75) is 31.7 Å². The second-order valence-electron chi connectivity index (χ2n) is 6.63. The predicted molar refractivity (Wildman–Crippen MR) is 82.9 cm³/mol. The molecule has 0 spiro atoms. The van der Waals surface area contributed by atoms with Gasteiger partial charge >= 0.3 is 12.4 Å². The standard InChI is InChI=1S/C16H19F6N3O2/c1-25(9-14(3-4-14)16(20,21)22)8-12(26)24-7-11-2-5-23-13(6-11)27-10-15(17,18)19/h2,5-6H,3-4,7-10H2,1H3,(H,24,26). The third-order valence-electron chi connectivity index (χ3n) is 4.11. The van der Waals surface area contributed by atoms with Crippen LogP contribution in [-0.2, 0) is 11.3 Å². The van der Waals surface area contributed by atoms with Crippen LogP contribution < -0.4 is 10.1 Å². The van der Waals surface area contributed by atoms with Gasteiger partial charge in [0.05, 0.1) is 12.0 Å². The Balaban J connectivity index is 1.78. The maximum Gasteiger partial charge on any atom is 0.422 e. The van der Waals surface area contributed by atoms with Crippen LogP contribution in [0.4, 0.5) is 26.3 Å². The summed E-state index contributed by atoms with van der Waals surface area (Å²) in [5, 5.41) is 2.51. The quantitative estimate of drug-likeness (QED) is 0.683. The fraction of sp³-hybridized carbons (Fsp3) is 0.625. The van der Waals surface area contributed by atoms with E-state index in [1.54, 1.807) is 0 Å². The van der Waals surface area contributed by atoms with Crippen molar-refractivity contribution in [2.75, 3.05) is 26.7 Å². The number of nitrogens with zero attached hydrogens (tertiary/aromatic N) is 2. The molecule has 0 atom stereocenters. The minimum Gasteiger partial charge on any atom is -0.468 e. The van der Waals surface area contributed by atoms with Gasteiger partial charge in [-0.15, -0.1) is 0 Å². The number of likely N-dealkylation sites (N-methyl/N-ethyl adjacent to an activating group) is 1. The number of pyridine rings is 1. The van der Waals surface area contributed by atoms with E-state index < -0.39 is 30.3 Å². The third kappa shape index (κ3) is 6.56. The molecular weight excluding hydrogens is 380 g/mol. The van der Waals surface area contributed by atoms with Crippen LogP contribution >= 0.6 is 0 Å². The second kappa shape index (κ2) is 7.91. The van der Waals surface area contributed by atoms with Crippen LogP contribution in [0.1, 0.15) is 18.4 Å². The maximum absolute atomic E-state index is 12.9. The van der Waals surface area contributed by atoms with Crippen LogP contribution in [0.2, 0.25) is 0 Å². The van der Waals surface area contributed by atoms with E-state index in [1.165, 1.54) is 30.3 Å². The van der Waals surface area contributed by atoms with E-state index in [-0.39, 0.29) is 38.4 Å². The summed E-state index contributed by atoms with van der Waals surface area (Å²) in [4.78, 5) is 16.8. The summed E-state index contributed by atoms with van der Waals surface area (Å²) in [6, 6.07) is 2.73. The molecule has 0 aliphatic heterocycles. The van der Waals surface area contributed by atoms with Crippen LogP contribution in [0.3, 0.4) is 0 Å². The van der Waals surface area contributed by atoms with Gasteiger partial charge in [0.2, 0.25) is 11.8 Å². The second-order valence-corrected chi connectivity index (χ2v) is 6.63. The third-order valence-corrected chi connectivity index (χ3v) is 4.11. The summed E-state index contributed by atoms with van der Waals surface area (Å²) in [5.41, 5.74) is -1.27. The van der Waals surface area contributed by atoms with Gasteiger partial charge in [-0.3, -0.25) is 9.69 Å². The highest BCUT2D eigenvalue weighted by Crippen LogP contribution is 2.57. The van der Waals surface area contributed by atoms with Gasteiger partial charge in [-0.1, -0.05) is 0 Å². The summed E-state index contributed by atoms with van der Waals surface area (Å²) in [5.74, 6) is -0.734. The van der Waals surface area contributed by atoms with Gasteiger partial charge in [-0.2, -0.15) is 26.3 Å². The highest BCUT2D eigenvalue weighted by Gasteiger charge is 2.63. The Labute approximate surface area is 151 Å². The van der Waals surface area contributed by atoms with Gasteiger partial charge in [-0.05, 0) is 31.5 Å². The van der Waals surface area contributed by atoms with E-state index >= 15 is 0 Å². The highest BCUT2D eigenvalue weighted by atomic mass is 19.4. The van der Waals surface area contributed by atoms with Crippen LogP contribution in [0.5, 0.6) is 5.88 Å². The number of amides is 1. The first-order valence-electron chi connectivity index (χ1n) is 8.07.